The van der Waals surface area contributed by atoms with Crippen LogP contribution in [0, 0.1) is 0 Å². The lowest BCUT2D eigenvalue weighted by Gasteiger charge is -2.13. The summed E-state index contributed by atoms with van der Waals surface area (Å²) in [5.41, 5.74) is 24.9. The number of nitrogens with zero attached hydrogens (tertiary/aromatic N) is 1. The van der Waals surface area contributed by atoms with Gasteiger partial charge in [0.05, 0.1) is 11.4 Å². The molecule has 0 radical (unpaired) electrons. The fourth-order valence-electron chi connectivity index (χ4n) is 5.19. The highest BCUT2D eigenvalue weighted by Gasteiger charge is 2.12. The molecule has 7 heteroatoms. The molecule has 0 spiro atoms. The fraction of sp³-hybridized carbons (Fsp3) is 0. The fourth-order valence-corrected chi connectivity index (χ4v) is 5.19. The minimum Gasteiger partial charge on any atom is -0.457 e. The molecule has 0 unspecified atom stereocenters. The van der Waals surface area contributed by atoms with E-state index >= 15 is 0 Å². The Labute approximate surface area is 278 Å². The van der Waals surface area contributed by atoms with Gasteiger partial charge in [0, 0.05) is 28.2 Å². The van der Waals surface area contributed by atoms with E-state index in [0.29, 0.717) is 51.6 Å². The van der Waals surface area contributed by atoms with Crippen molar-refractivity contribution in [1.29, 1.82) is 0 Å². The topological polar surface area (TPSA) is 119 Å². The van der Waals surface area contributed by atoms with Gasteiger partial charge in [-0.15, -0.1) is 0 Å². The summed E-state index contributed by atoms with van der Waals surface area (Å²) in [6, 6.07) is 49.8. The van der Waals surface area contributed by atoms with Gasteiger partial charge in [-0.3, -0.25) is 0 Å². The molecule has 0 aliphatic heterocycles. The van der Waals surface area contributed by atoms with Crippen LogP contribution in [0.15, 0.2) is 158 Å². The van der Waals surface area contributed by atoms with Gasteiger partial charge in [-0.2, -0.15) is 0 Å². The highest BCUT2D eigenvalue weighted by Crippen LogP contribution is 2.36. The molecular formula is C41H32N4O3. The van der Waals surface area contributed by atoms with Crippen molar-refractivity contribution in [1.82, 2.24) is 4.98 Å². The summed E-state index contributed by atoms with van der Waals surface area (Å²) in [4.78, 5) is 5.13. The number of benzene rings is 6. The number of aromatic nitrogens is 1. The first-order valence-corrected chi connectivity index (χ1v) is 15.4. The van der Waals surface area contributed by atoms with Gasteiger partial charge in [-0.1, -0.05) is 36.4 Å². The van der Waals surface area contributed by atoms with Crippen LogP contribution in [0.1, 0.15) is 0 Å². The van der Waals surface area contributed by atoms with Crippen molar-refractivity contribution in [2.24, 2.45) is 0 Å². The largest absolute Gasteiger partial charge is 0.457 e. The zero-order chi connectivity index (χ0) is 32.9. The molecule has 234 valence electrons. The number of nitrogens with two attached hydrogens (primary N) is 3. The number of rotatable bonds is 9. The first kappa shape index (κ1) is 30.0. The molecule has 7 rings (SSSR count). The molecule has 0 saturated heterocycles. The van der Waals surface area contributed by atoms with Gasteiger partial charge in [0.1, 0.15) is 34.5 Å². The van der Waals surface area contributed by atoms with E-state index in [4.69, 9.17) is 36.4 Å². The lowest BCUT2D eigenvalue weighted by molar-refractivity contribution is 0.483. The molecule has 0 amide bonds. The van der Waals surface area contributed by atoms with Crippen molar-refractivity contribution in [3.8, 4) is 68.1 Å². The second kappa shape index (κ2) is 13.3. The molecule has 0 saturated carbocycles. The molecule has 0 atom stereocenters. The summed E-state index contributed by atoms with van der Waals surface area (Å²) in [6.07, 6.45) is 0. The van der Waals surface area contributed by atoms with E-state index in [1.54, 1.807) is 0 Å². The van der Waals surface area contributed by atoms with Crippen molar-refractivity contribution in [3.05, 3.63) is 158 Å². The van der Waals surface area contributed by atoms with Gasteiger partial charge in [-0.25, -0.2) is 4.98 Å². The molecule has 1 aromatic heterocycles. The van der Waals surface area contributed by atoms with Crippen LogP contribution in [0.2, 0.25) is 0 Å². The Bertz CT molecular complexity index is 1920. The van der Waals surface area contributed by atoms with E-state index in [2.05, 4.69) is 18.2 Å². The predicted molar refractivity (Wildman–Crippen MR) is 193 cm³/mol. The van der Waals surface area contributed by atoms with Crippen molar-refractivity contribution in [3.63, 3.8) is 0 Å². The molecule has 1 heterocycles. The third-order valence-corrected chi connectivity index (χ3v) is 7.60. The highest BCUT2D eigenvalue weighted by atomic mass is 16.5. The van der Waals surface area contributed by atoms with Crippen LogP contribution in [0.25, 0.3) is 33.6 Å². The number of nitrogen functional groups attached to an aromatic ring is 3. The van der Waals surface area contributed by atoms with E-state index in [1.165, 1.54) is 0 Å². The Hall–Kier alpha value is -6.73. The van der Waals surface area contributed by atoms with Crippen LogP contribution >= 0.6 is 0 Å². The van der Waals surface area contributed by atoms with Crippen molar-refractivity contribution < 1.29 is 14.2 Å². The highest BCUT2D eigenvalue weighted by molar-refractivity contribution is 5.78. The van der Waals surface area contributed by atoms with E-state index in [-0.39, 0.29) is 0 Å². The van der Waals surface area contributed by atoms with E-state index < -0.39 is 0 Å². The van der Waals surface area contributed by atoms with Crippen molar-refractivity contribution in [2.45, 2.75) is 0 Å². The van der Waals surface area contributed by atoms with E-state index in [9.17, 15) is 0 Å². The van der Waals surface area contributed by atoms with Gasteiger partial charge in [-0.05, 0) is 132 Å². The average molecular weight is 629 g/mol. The molecule has 6 aromatic carbocycles. The Balaban J connectivity index is 1.27. The Morgan fingerprint density at radius 3 is 1.02 bits per heavy atom. The van der Waals surface area contributed by atoms with Gasteiger partial charge in [0.15, 0.2) is 0 Å². The maximum atomic E-state index is 6.16. The molecule has 7 aromatic rings. The minimum atomic E-state index is 0.676. The Kier molecular flexibility index (Phi) is 8.31. The zero-order valence-corrected chi connectivity index (χ0v) is 25.9. The van der Waals surface area contributed by atoms with Gasteiger partial charge in [0.25, 0.3) is 0 Å². The molecule has 0 aliphatic rings. The molecule has 0 fully saturated rings. The monoisotopic (exact) mass is 628 g/mol. The normalized spacial score (nSPS) is 10.8. The number of hydrogen-bond donors (Lipinski definition) is 3. The number of hydrogen-bond acceptors (Lipinski definition) is 7. The molecule has 7 nitrogen and oxygen atoms in total. The first-order chi connectivity index (χ1) is 23.4. The second-order valence-corrected chi connectivity index (χ2v) is 11.2. The Morgan fingerprint density at radius 1 is 0.312 bits per heavy atom. The third-order valence-electron chi connectivity index (χ3n) is 7.60. The smallest absolute Gasteiger partial charge is 0.128 e. The quantitative estimate of drug-likeness (QED) is 0.136. The number of anilines is 3. The Morgan fingerprint density at radius 2 is 0.646 bits per heavy atom. The van der Waals surface area contributed by atoms with Crippen molar-refractivity contribution in [2.75, 3.05) is 17.2 Å². The molecule has 0 aliphatic carbocycles. The van der Waals surface area contributed by atoms with Crippen LogP contribution < -0.4 is 31.4 Å². The maximum Gasteiger partial charge on any atom is 0.128 e. The molecule has 48 heavy (non-hydrogen) atoms. The summed E-state index contributed by atoms with van der Waals surface area (Å²) in [5.74, 6) is 4.16. The van der Waals surface area contributed by atoms with Crippen LogP contribution in [0.3, 0.4) is 0 Å². The zero-order valence-electron chi connectivity index (χ0n) is 25.9. The lowest BCUT2D eigenvalue weighted by Crippen LogP contribution is -1.93. The molecular weight excluding hydrogens is 596 g/mol. The van der Waals surface area contributed by atoms with Gasteiger partial charge < -0.3 is 31.4 Å². The predicted octanol–water partition coefficient (Wildman–Crippen LogP) is 10.2. The minimum absolute atomic E-state index is 0.676. The third kappa shape index (κ3) is 7.22. The van der Waals surface area contributed by atoms with Crippen LogP contribution in [0.5, 0.6) is 34.5 Å². The summed E-state index contributed by atoms with van der Waals surface area (Å²) in [6.45, 7) is 0. The lowest BCUT2D eigenvalue weighted by atomic mass is 9.99. The number of ether oxygens (including phenoxy) is 3. The van der Waals surface area contributed by atoms with Gasteiger partial charge in [0.2, 0.25) is 0 Å². The summed E-state index contributed by atoms with van der Waals surface area (Å²) < 4.78 is 18.5. The van der Waals surface area contributed by atoms with Gasteiger partial charge >= 0.3 is 0 Å². The first-order valence-electron chi connectivity index (χ1n) is 15.4. The second-order valence-electron chi connectivity index (χ2n) is 11.2. The average Bonchev–Trinajstić information content (AvgIpc) is 3.11. The van der Waals surface area contributed by atoms with E-state index in [1.807, 2.05) is 140 Å². The molecule has 0 bridgehead atoms. The van der Waals surface area contributed by atoms with Crippen molar-refractivity contribution >= 4 is 17.1 Å². The number of pyridine rings is 1. The van der Waals surface area contributed by atoms with Crippen LogP contribution in [-0.4, -0.2) is 4.98 Å². The SMILES string of the molecule is Nc1ccc(Oc2cccc(-c3cc(-c4cccc(Oc5ccc(N)cc5)c4)nc(-c4cccc(Oc5ccc(N)cc5)c4)c3)c2)cc1. The maximum absolute atomic E-state index is 6.16. The molecule has 6 N–H and O–H groups in total. The standard InChI is InChI=1S/C41H32N4O3/c42-31-10-16-34(17-11-31)46-37-7-1-4-27(22-37)30-25-40(28-5-2-8-38(23-28)47-35-18-12-32(43)13-19-35)45-41(26-30)29-6-3-9-39(24-29)48-36-20-14-33(44)15-21-36/h1-26H,42-44H2. The van der Waals surface area contributed by atoms with Crippen LogP contribution in [-0.2, 0) is 0 Å². The summed E-state index contributed by atoms with van der Waals surface area (Å²) in [7, 11) is 0. The summed E-state index contributed by atoms with van der Waals surface area (Å²) >= 11 is 0. The van der Waals surface area contributed by atoms with E-state index in [0.717, 1.165) is 33.6 Å². The van der Waals surface area contributed by atoms with Crippen LogP contribution in [0.4, 0.5) is 17.1 Å². The summed E-state index contributed by atoms with van der Waals surface area (Å²) in [5, 5.41) is 0.